The maximum absolute atomic E-state index is 12.9. The molecule has 2 aliphatic heterocycles. The molecule has 3 heterocycles. The monoisotopic (exact) mass is 533 g/mol. The number of carboxylic acid groups (broad SMARTS) is 1. The number of likely N-dealkylation sites (tertiary alicyclic amines) is 1. The van der Waals surface area contributed by atoms with Gasteiger partial charge in [0, 0.05) is 50.6 Å². The third-order valence-corrected chi connectivity index (χ3v) is 7.57. The van der Waals surface area contributed by atoms with E-state index in [0.29, 0.717) is 38.3 Å². The minimum atomic E-state index is -5.08. The first kappa shape index (κ1) is 27.6. The fourth-order valence-corrected chi connectivity index (χ4v) is 5.65. The summed E-state index contributed by atoms with van der Waals surface area (Å²) < 4.78 is 37.1. The Morgan fingerprint density at radius 3 is 2.18 bits per heavy atom. The first-order valence-corrected chi connectivity index (χ1v) is 12.5. The van der Waals surface area contributed by atoms with Gasteiger partial charge in [-0.1, -0.05) is 24.3 Å². The van der Waals surface area contributed by atoms with E-state index in [-0.39, 0.29) is 23.1 Å². The van der Waals surface area contributed by atoms with Gasteiger partial charge in [-0.05, 0) is 53.9 Å². The van der Waals surface area contributed by atoms with Crippen molar-refractivity contribution in [2.45, 2.75) is 43.2 Å². The predicted octanol–water partition coefficient (Wildman–Crippen LogP) is 3.63. The smallest absolute Gasteiger partial charge is 0.475 e. The molecule has 0 bridgehead atoms. The minimum Gasteiger partial charge on any atom is -0.475 e. The van der Waals surface area contributed by atoms with Crippen molar-refractivity contribution in [1.82, 2.24) is 14.8 Å². The van der Waals surface area contributed by atoms with Gasteiger partial charge < -0.3 is 19.6 Å². The fourth-order valence-electron chi connectivity index (χ4n) is 5.65. The molecular formula is C27H30F3N3O5. The number of piperidine rings is 1. The van der Waals surface area contributed by atoms with Gasteiger partial charge in [-0.25, -0.2) is 4.79 Å². The Hall–Kier alpha value is -3.47. The maximum atomic E-state index is 12.9. The highest BCUT2D eigenvalue weighted by atomic mass is 19.4. The average Bonchev–Trinajstić information content (AvgIpc) is 3.22. The number of rotatable bonds is 3. The lowest BCUT2D eigenvalue weighted by Gasteiger charge is -2.40. The molecule has 2 saturated heterocycles. The van der Waals surface area contributed by atoms with Gasteiger partial charge in [-0.15, -0.1) is 0 Å². The molecule has 0 saturated carbocycles. The van der Waals surface area contributed by atoms with Gasteiger partial charge in [-0.3, -0.25) is 14.6 Å². The van der Waals surface area contributed by atoms with Crippen LogP contribution in [-0.2, 0) is 19.7 Å². The first-order chi connectivity index (χ1) is 18.1. The quantitative estimate of drug-likeness (QED) is 0.647. The van der Waals surface area contributed by atoms with Crippen LogP contribution < -0.4 is 0 Å². The lowest BCUT2D eigenvalue weighted by molar-refractivity contribution is -0.192. The van der Waals surface area contributed by atoms with Gasteiger partial charge in [0.15, 0.2) is 0 Å². The van der Waals surface area contributed by atoms with Crippen LogP contribution in [0.3, 0.4) is 0 Å². The summed E-state index contributed by atoms with van der Waals surface area (Å²) in [5.74, 6) is -2.17. The largest absolute Gasteiger partial charge is 0.490 e. The summed E-state index contributed by atoms with van der Waals surface area (Å²) >= 11 is 0. The Labute approximate surface area is 218 Å². The standard InChI is InChI=1S/C25H29N3O3.C2HF3O2/c29-23(27-13-15-31-16-14-27)17-20-18-25(22-4-2-1-3-21(20)22)7-11-28(12-8-25)24(30)19-5-9-26-10-6-19;3-2(4,5)1(6)7/h1-6,9-10,20H,7-8,11-18H2;(H,6,7). The predicted molar refractivity (Wildman–Crippen MR) is 131 cm³/mol. The number of benzene rings is 1. The summed E-state index contributed by atoms with van der Waals surface area (Å²) in [5, 5.41) is 7.12. The Balaban J connectivity index is 0.000000426. The SMILES string of the molecule is O=C(CC1CC2(CCN(C(=O)c3ccncc3)CC2)c2ccccc21)N1CCOCC1.O=C(O)C(F)(F)F. The number of pyridine rings is 1. The summed E-state index contributed by atoms with van der Waals surface area (Å²) in [6.07, 6.45) is 1.72. The second-order valence-corrected chi connectivity index (χ2v) is 9.80. The second-order valence-electron chi connectivity index (χ2n) is 9.80. The molecule has 11 heteroatoms. The van der Waals surface area contributed by atoms with Gasteiger partial charge in [0.25, 0.3) is 5.91 Å². The topological polar surface area (TPSA) is 100 Å². The molecule has 2 amide bonds. The van der Waals surface area contributed by atoms with Gasteiger partial charge in [-0.2, -0.15) is 13.2 Å². The molecular weight excluding hydrogens is 503 g/mol. The van der Waals surface area contributed by atoms with Crippen molar-refractivity contribution in [2.24, 2.45) is 0 Å². The number of halogens is 3. The number of hydrogen-bond donors (Lipinski definition) is 1. The van der Waals surface area contributed by atoms with E-state index in [2.05, 4.69) is 29.2 Å². The zero-order valence-electron chi connectivity index (χ0n) is 20.8. The number of carbonyl (C=O) groups excluding carboxylic acids is 2. The van der Waals surface area contributed by atoms with Crippen LogP contribution in [0.1, 0.15) is 53.1 Å². The number of aliphatic carboxylic acids is 1. The van der Waals surface area contributed by atoms with E-state index in [0.717, 1.165) is 32.4 Å². The molecule has 1 spiro atoms. The van der Waals surface area contributed by atoms with Crippen molar-refractivity contribution >= 4 is 17.8 Å². The van der Waals surface area contributed by atoms with Crippen LogP contribution in [0.25, 0.3) is 0 Å². The average molecular weight is 534 g/mol. The minimum absolute atomic E-state index is 0.0710. The van der Waals surface area contributed by atoms with E-state index in [1.807, 2.05) is 9.80 Å². The second kappa shape index (κ2) is 11.5. The van der Waals surface area contributed by atoms with E-state index >= 15 is 0 Å². The highest BCUT2D eigenvalue weighted by Gasteiger charge is 2.46. The molecule has 2 aromatic rings. The maximum Gasteiger partial charge on any atom is 0.490 e. The summed E-state index contributed by atoms with van der Waals surface area (Å²) in [6, 6.07) is 12.2. The summed E-state index contributed by atoms with van der Waals surface area (Å²) in [6.45, 7) is 4.17. The number of carbonyl (C=O) groups is 3. The number of aromatic nitrogens is 1. The van der Waals surface area contributed by atoms with E-state index < -0.39 is 12.1 Å². The van der Waals surface area contributed by atoms with Crippen molar-refractivity contribution in [2.75, 3.05) is 39.4 Å². The number of alkyl halides is 3. The Kier molecular flexibility index (Phi) is 8.35. The normalized spacial score (nSPS) is 20.3. The Morgan fingerprint density at radius 2 is 1.58 bits per heavy atom. The molecule has 204 valence electrons. The lowest BCUT2D eigenvalue weighted by atomic mass is 9.73. The summed E-state index contributed by atoms with van der Waals surface area (Å²) in [4.78, 5) is 42.6. The van der Waals surface area contributed by atoms with Crippen molar-refractivity contribution in [1.29, 1.82) is 0 Å². The Bertz CT molecular complexity index is 1140. The van der Waals surface area contributed by atoms with Crippen LogP contribution in [0, 0.1) is 0 Å². The molecule has 1 aliphatic carbocycles. The summed E-state index contributed by atoms with van der Waals surface area (Å²) in [7, 11) is 0. The van der Waals surface area contributed by atoms with Crippen molar-refractivity contribution in [3.63, 3.8) is 0 Å². The molecule has 1 N–H and O–H groups in total. The molecule has 1 aromatic carbocycles. The first-order valence-electron chi connectivity index (χ1n) is 12.5. The zero-order chi connectivity index (χ0) is 27.3. The van der Waals surface area contributed by atoms with Crippen LogP contribution in [0.5, 0.6) is 0 Å². The van der Waals surface area contributed by atoms with Crippen LogP contribution in [-0.4, -0.2) is 83.2 Å². The zero-order valence-corrected chi connectivity index (χ0v) is 20.8. The Morgan fingerprint density at radius 1 is 0.974 bits per heavy atom. The van der Waals surface area contributed by atoms with Crippen molar-refractivity contribution in [3.05, 3.63) is 65.5 Å². The number of hydrogen-bond acceptors (Lipinski definition) is 5. The van der Waals surface area contributed by atoms with Crippen LogP contribution in [0.4, 0.5) is 13.2 Å². The molecule has 2 fully saturated rings. The molecule has 5 rings (SSSR count). The molecule has 0 radical (unpaired) electrons. The summed E-state index contributed by atoms with van der Waals surface area (Å²) in [5.41, 5.74) is 3.50. The molecule has 8 nitrogen and oxygen atoms in total. The van der Waals surface area contributed by atoms with Crippen molar-refractivity contribution < 1.29 is 37.4 Å². The van der Waals surface area contributed by atoms with Gasteiger partial charge in [0.1, 0.15) is 0 Å². The van der Waals surface area contributed by atoms with E-state index in [1.54, 1.807) is 24.5 Å². The fraction of sp³-hybridized carbons (Fsp3) is 0.481. The number of amides is 2. The molecule has 3 aliphatic rings. The highest BCUT2D eigenvalue weighted by Crippen LogP contribution is 2.52. The third-order valence-electron chi connectivity index (χ3n) is 7.57. The van der Waals surface area contributed by atoms with E-state index in [1.165, 1.54) is 11.1 Å². The highest BCUT2D eigenvalue weighted by molar-refractivity contribution is 5.94. The molecule has 38 heavy (non-hydrogen) atoms. The third kappa shape index (κ3) is 6.15. The van der Waals surface area contributed by atoms with Crippen LogP contribution in [0.15, 0.2) is 48.8 Å². The molecule has 1 atom stereocenters. The van der Waals surface area contributed by atoms with E-state index in [4.69, 9.17) is 14.6 Å². The number of morpholine rings is 1. The number of fused-ring (bicyclic) bond motifs is 2. The number of ether oxygens (including phenoxy) is 1. The number of carboxylic acids is 1. The van der Waals surface area contributed by atoms with Crippen LogP contribution in [0.2, 0.25) is 0 Å². The lowest BCUT2D eigenvalue weighted by Crippen LogP contribution is -2.44. The number of nitrogens with zero attached hydrogens (tertiary/aromatic N) is 3. The van der Waals surface area contributed by atoms with Gasteiger partial charge >= 0.3 is 12.1 Å². The van der Waals surface area contributed by atoms with Gasteiger partial charge in [0.2, 0.25) is 5.91 Å². The van der Waals surface area contributed by atoms with Crippen LogP contribution >= 0.6 is 0 Å². The molecule has 1 aromatic heterocycles. The van der Waals surface area contributed by atoms with Crippen molar-refractivity contribution in [3.8, 4) is 0 Å². The van der Waals surface area contributed by atoms with E-state index in [9.17, 15) is 22.8 Å². The molecule has 1 unspecified atom stereocenters. The van der Waals surface area contributed by atoms with Gasteiger partial charge in [0.05, 0.1) is 13.2 Å².